The van der Waals surface area contributed by atoms with Gasteiger partial charge in [0.2, 0.25) is 0 Å². The molecule has 0 atom stereocenters. The minimum absolute atomic E-state index is 0.361. The Balaban J connectivity index is 1.54. The Morgan fingerprint density at radius 1 is 1.23 bits per heavy atom. The number of rotatable bonds is 4. The van der Waals surface area contributed by atoms with Gasteiger partial charge < -0.3 is 9.64 Å². The van der Waals surface area contributed by atoms with Crippen molar-refractivity contribution in [3.05, 3.63) is 58.5 Å². The largest absolute Gasteiger partial charge is 0.495 e. The molecule has 1 aliphatic heterocycles. The second-order valence-electron chi connectivity index (χ2n) is 6.43. The van der Waals surface area contributed by atoms with Gasteiger partial charge in [-0.2, -0.15) is 0 Å². The molecule has 1 aromatic heterocycles. The van der Waals surface area contributed by atoms with E-state index in [1.807, 2.05) is 42.3 Å². The number of thioether (sulfide) groups is 1. The number of benzene rings is 2. The summed E-state index contributed by atoms with van der Waals surface area (Å²) < 4.78 is 6.55. The van der Waals surface area contributed by atoms with E-state index in [-0.39, 0.29) is 11.1 Å². The molecule has 4 rings (SSSR count). The van der Waals surface area contributed by atoms with Gasteiger partial charge in [0.15, 0.2) is 5.13 Å². The molecule has 6 nitrogen and oxygen atoms in total. The van der Waals surface area contributed by atoms with Crippen LogP contribution in [0, 0.1) is 11.8 Å². The van der Waals surface area contributed by atoms with Gasteiger partial charge in [0.05, 0.1) is 34.3 Å². The molecule has 2 heterocycles. The van der Waals surface area contributed by atoms with Crippen LogP contribution >= 0.6 is 23.1 Å². The summed E-state index contributed by atoms with van der Waals surface area (Å²) in [5, 5.41) is 2.79. The van der Waals surface area contributed by atoms with E-state index in [1.54, 1.807) is 30.6 Å². The number of methoxy groups -OCH3 is 1. The van der Waals surface area contributed by atoms with Gasteiger partial charge in [-0.15, -0.1) is 0 Å². The number of fused-ring (bicyclic) bond motifs is 1. The number of imide groups is 1. The van der Waals surface area contributed by atoms with E-state index in [2.05, 4.69) is 28.2 Å². The van der Waals surface area contributed by atoms with Crippen molar-refractivity contribution in [3.63, 3.8) is 0 Å². The Morgan fingerprint density at radius 3 is 2.80 bits per heavy atom. The Hall–Kier alpha value is -3.28. The van der Waals surface area contributed by atoms with Gasteiger partial charge in [-0.1, -0.05) is 41.4 Å². The predicted molar refractivity (Wildman–Crippen MR) is 122 cm³/mol. The molecule has 30 heavy (non-hydrogen) atoms. The van der Waals surface area contributed by atoms with Crippen molar-refractivity contribution in [2.24, 2.45) is 0 Å². The molecule has 0 bridgehead atoms. The number of hydrogen-bond donors (Lipinski definition) is 1. The molecule has 0 spiro atoms. The first kappa shape index (κ1) is 20.0. The molecule has 1 aliphatic rings. The first-order valence-electron chi connectivity index (χ1n) is 9.02. The number of nitrogens with zero attached hydrogens (tertiary/aromatic N) is 2. The number of hydrogen-bond acceptors (Lipinski definition) is 7. The van der Waals surface area contributed by atoms with Gasteiger partial charge in [0.1, 0.15) is 5.75 Å². The van der Waals surface area contributed by atoms with Crippen molar-refractivity contribution in [1.82, 2.24) is 10.3 Å². The van der Waals surface area contributed by atoms with Crippen LogP contribution in [0.1, 0.15) is 11.1 Å². The number of aromatic nitrogens is 1. The van der Waals surface area contributed by atoms with Gasteiger partial charge in [-0.05, 0) is 47.7 Å². The quantitative estimate of drug-likeness (QED) is 0.491. The summed E-state index contributed by atoms with van der Waals surface area (Å²) >= 11 is 2.51. The lowest BCUT2D eigenvalue weighted by atomic mass is 10.1. The molecule has 1 saturated heterocycles. The fourth-order valence-electron chi connectivity index (χ4n) is 2.83. The molecule has 2 amide bonds. The summed E-state index contributed by atoms with van der Waals surface area (Å²) in [6.07, 6.45) is 1.67. The predicted octanol–water partition coefficient (Wildman–Crippen LogP) is 4.12. The van der Waals surface area contributed by atoms with Crippen molar-refractivity contribution < 1.29 is 14.3 Å². The number of thiazole rings is 1. The third-order valence-corrected chi connectivity index (χ3v) is 6.27. The second kappa shape index (κ2) is 8.61. The minimum Gasteiger partial charge on any atom is -0.495 e. The molecular formula is C22H17N3O3S2. The van der Waals surface area contributed by atoms with Crippen LogP contribution in [0.4, 0.5) is 9.93 Å². The molecule has 1 fully saturated rings. The van der Waals surface area contributed by atoms with Crippen LogP contribution in [0.25, 0.3) is 16.3 Å². The molecule has 0 aliphatic carbocycles. The van der Waals surface area contributed by atoms with E-state index in [0.717, 1.165) is 32.7 Å². The highest BCUT2D eigenvalue weighted by Gasteiger charge is 2.24. The van der Waals surface area contributed by atoms with Crippen LogP contribution in [0.15, 0.2) is 47.4 Å². The van der Waals surface area contributed by atoms with Crippen molar-refractivity contribution in [1.29, 1.82) is 0 Å². The maximum Gasteiger partial charge on any atom is 0.290 e. The van der Waals surface area contributed by atoms with Gasteiger partial charge in [-0.25, -0.2) is 4.98 Å². The smallest absolute Gasteiger partial charge is 0.290 e. The summed E-state index contributed by atoms with van der Waals surface area (Å²) in [5.74, 6) is 6.56. The average molecular weight is 436 g/mol. The highest BCUT2D eigenvalue weighted by Crippen LogP contribution is 2.28. The highest BCUT2D eigenvalue weighted by molar-refractivity contribution is 8.18. The standard InChI is InChI=1S/C22H17N3O3S2/c1-25(21-23-16-7-3-4-8-18(16)29-21)11-5-6-15-12-14(9-10-17(15)28-2)13-19-20(26)24-22(27)30-19/h3-4,7-10,12-13H,11H2,1-2H3,(H,24,26,27)/b19-13-. The zero-order valence-electron chi connectivity index (χ0n) is 16.3. The van der Waals surface area contributed by atoms with Crippen LogP contribution in [-0.2, 0) is 4.79 Å². The number of nitrogens with one attached hydrogen (secondary N) is 1. The zero-order chi connectivity index (χ0) is 21.1. The van der Waals surface area contributed by atoms with Crippen LogP contribution in [0.2, 0.25) is 0 Å². The Labute approximate surface area is 181 Å². The Bertz CT molecular complexity index is 1200. The monoisotopic (exact) mass is 435 g/mol. The summed E-state index contributed by atoms with van der Waals surface area (Å²) in [6.45, 7) is 0.501. The molecular weight excluding hydrogens is 418 g/mol. The SMILES string of the molecule is COc1ccc(/C=C2\SC(=O)NC2=O)cc1C#CCN(C)c1nc2ccccc2s1. The van der Waals surface area contributed by atoms with Crippen LogP contribution in [0.3, 0.4) is 0 Å². The van der Waals surface area contributed by atoms with E-state index < -0.39 is 0 Å². The lowest BCUT2D eigenvalue weighted by molar-refractivity contribution is -0.115. The lowest BCUT2D eigenvalue weighted by Gasteiger charge is -2.10. The van der Waals surface area contributed by atoms with E-state index in [1.165, 1.54) is 0 Å². The molecule has 1 N–H and O–H groups in total. The number of carbonyl (C=O) groups excluding carboxylic acids is 2. The highest BCUT2D eigenvalue weighted by atomic mass is 32.2. The normalized spacial score (nSPS) is 14.5. The van der Waals surface area contributed by atoms with Gasteiger partial charge in [0.25, 0.3) is 11.1 Å². The van der Waals surface area contributed by atoms with Gasteiger partial charge in [0, 0.05) is 7.05 Å². The average Bonchev–Trinajstić information content (AvgIpc) is 3.30. The minimum atomic E-state index is -0.383. The summed E-state index contributed by atoms with van der Waals surface area (Å²) in [7, 11) is 3.54. The molecule has 150 valence electrons. The van der Waals surface area contributed by atoms with Gasteiger partial charge >= 0.3 is 0 Å². The topological polar surface area (TPSA) is 71.5 Å². The summed E-state index contributed by atoms with van der Waals surface area (Å²) in [6, 6.07) is 13.5. The zero-order valence-corrected chi connectivity index (χ0v) is 17.9. The fourth-order valence-corrected chi connectivity index (χ4v) is 4.44. The maximum absolute atomic E-state index is 11.8. The van der Waals surface area contributed by atoms with E-state index in [4.69, 9.17) is 4.74 Å². The molecule has 0 radical (unpaired) electrons. The second-order valence-corrected chi connectivity index (χ2v) is 8.46. The Kier molecular flexibility index (Phi) is 5.74. The first-order chi connectivity index (χ1) is 14.5. The molecule has 3 aromatic rings. The fraction of sp³-hybridized carbons (Fsp3) is 0.136. The van der Waals surface area contributed by atoms with Crippen LogP contribution < -0.4 is 15.0 Å². The van der Waals surface area contributed by atoms with Crippen molar-refractivity contribution in [2.75, 3.05) is 25.6 Å². The third-order valence-electron chi connectivity index (χ3n) is 4.31. The number of ether oxygens (including phenoxy) is 1. The third kappa shape index (κ3) is 4.32. The number of carbonyl (C=O) groups is 2. The van der Waals surface area contributed by atoms with Gasteiger partial charge in [-0.3, -0.25) is 14.9 Å². The first-order valence-corrected chi connectivity index (χ1v) is 10.7. The van der Waals surface area contributed by atoms with Crippen LogP contribution in [-0.4, -0.2) is 36.8 Å². The maximum atomic E-state index is 11.8. The van der Waals surface area contributed by atoms with E-state index in [9.17, 15) is 9.59 Å². The molecule has 2 aromatic carbocycles. The summed E-state index contributed by atoms with van der Waals surface area (Å²) in [4.78, 5) is 30.1. The number of anilines is 1. The van der Waals surface area contributed by atoms with Crippen molar-refractivity contribution in [2.45, 2.75) is 0 Å². The number of para-hydroxylation sites is 1. The lowest BCUT2D eigenvalue weighted by Crippen LogP contribution is -2.17. The molecule has 8 heteroatoms. The molecule has 0 saturated carbocycles. The van der Waals surface area contributed by atoms with Crippen LogP contribution in [0.5, 0.6) is 5.75 Å². The van der Waals surface area contributed by atoms with Crippen molar-refractivity contribution in [3.8, 4) is 17.6 Å². The molecule has 0 unspecified atom stereocenters. The van der Waals surface area contributed by atoms with E-state index in [0.29, 0.717) is 22.8 Å². The van der Waals surface area contributed by atoms with Crippen molar-refractivity contribution >= 4 is 55.7 Å². The summed E-state index contributed by atoms with van der Waals surface area (Å²) in [5.41, 5.74) is 2.46. The number of amides is 2. The Morgan fingerprint density at radius 2 is 2.07 bits per heavy atom. The van der Waals surface area contributed by atoms with E-state index >= 15 is 0 Å².